The van der Waals surface area contributed by atoms with E-state index in [1.807, 2.05) is 12.1 Å². The third-order valence-electron chi connectivity index (χ3n) is 4.35. The zero-order chi connectivity index (χ0) is 17.6. The third-order valence-corrected chi connectivity index (χ3v) is 4.35. The molecule has 0 bridgehead atoms. The minimum Gasteiger partial charge on any atom is -0.467 e. The Labute approximate surface area is 147 Å². The zero-order valence-corrected chi connectivity index (χ0v) is 14.2. The van der Waals surface area contributed by atoms with Gasteiger partial charge in [-0.2, -0.15) is 0 Å². The molecule has 2 aromatic rings. The quantitative estimate of drug-likeness (QED) is 0.724. The number of hydrogen-bond acceptors (Lipinski definition) is 3. The fraction of sp³-hybridized carbons (Fsp3) is 0.368. The number of rotatable bonds is 7. The van der Waals surface area contributed by atoms with Crippen molar-refractivity contribution in [1.29, 1.82) is 0 Å². The van der Waals surface area contributed by atoms with Crippen LogP contribution >= 0.6 is 0 Å². The summed E-state index contributed by atoms with van der Waals surface area (Å²) in [7, 11) is 0. The van der Waals surface area contributed by atoms with Gasteiger partial charge in [0.05, 0.1) is 25.4 Å². The summed E-state index contributed by atoms with van der Waals surface area (Å²) in [6.45, 7) is 2.28. The molecule has 0 spiro atoms. The van der Waals surface area contributed by atoms with Crippen LogP contribution in [0, 0.1) is 12.8 Å². The van der Waals surface area contributed by atoms with Crippen molar-refractivity contribution in [3.05, 3.63) is 59.5 Å². The number of nitrogens with one attached hydrogen (secondary N) is 3. The molecule has 1 saturated carbocycles. The van der Waals surface area contributed by atoms with Crippen molar-refractivity contribution in [2.75, 3.05) is 6.54 Å². The Balaban J connectivity index is 1.47. The van der Waals surface area contributed by atoms with Gasteiger partial charge in [-0.15, -0.1) is 0 Å². The summed E-state index contributed by atoms with van der Waals surface area (Å²) >= 11 is 0. The van der Waals surface area contributed by atoms with Crippen LogP contribution in [-0.4, -0.2) is 18.5 Å². The van der Waals surface area contributed by atoms with Gasteiger partial charge in [-0.05, 0) is 48.9 Å². The molecule has 0 radical (unpaired) electrons. The molecule has 0 unspecified atom stereocenters. The van der Waals surface area contributed by atoms with Crippen molar-refractivity contribution in [1.82, 2.24) is 16.0 Å². The smallest absolute Gasteiger partial charge is 0.315 e. The van der Waals surface area contributed by atoms with E-state index < -0.39 is 6.03 Å². The van der Waals surface area contributed by atoms with E-state index in [9.17, 15) is 9.59 Å². The van der Waals surface area contributed by atoms with Crippen molar-refractivity contribution in [3.8, 4) is 0 Å². The molecule has 132 valence electrons. The number of amides is 3. The topological polar surface area (TPSA) is 83.4 Å². The van der Waals surface area contributed by atoms with E-state index >= 15 is 0 Å². The van der Waals surface area contributed by atoms with Crippen LogP contribution in [0.4, 0.5) is 4.79 Å². The molecule has 3 rings (SSSR count). The highest BCUT2D eigenvalue weighted by Gasteiger charge is 2.34. The van der Waals surface area contributed by atoms with Crippen molar-refractivity contribution >= 4 is 11.9 Å². The van der Waals surface area contributed by atoms with Crippen LogP contribution in [0.2, 0.25) is 0 Å². The van der Waals surface area contributed by atoms with E-state index in [0.29, 0.717) is 11.7 Å². The predicted octanol–water partition coefficient (Wildman–Crippen LogP) is 2.65. The highest BCUT2D eigenvalue weighted by molar-refractivity contribution is 5.84. The van der Waals surface area contributed by atoms with E-state index in [0.717, 1.165) is 18.4 Å². The van der Waals surface area contributed by atoms with E-state index in [2.05, 4.69) is 35.0 Å². The Morgan fingerprint density at radius 2 is 1.96 bits per heavy atom. The van der Waals surface area contributed by atoms with Gasteiger partial charge in [0.15, 0.2) is 0 Å². The molecule has 1 aliphatic rings. The van der Waals surface area contributed by atoms with Crippen LogP contribution in [-0.2, 0) is 11.3 Å². The first-order valence-electron chi connectivity index (χ1n) is 8.52. The Bertz CT molecular complexity index is 723. The Kier molecular flexibility index (Phi) is 5.38. The van der Waals surface area contributed by atoms with Gasteiger partial charge in [-0.1, -0.05) is 24.3 Å². The summed E-state index contributed by atoms with van der Waals surface area (Å²) in [6.07, 6.45) is 3.79. The lowest BCUT2D eigenvalue weighted by atomic mass is 9.97. The van der Waals surface area contributed by atoms with Crippen LogP contribution in [0.5, 0.6) is 0 Å². The number of benzene rings is 1. The number of carbonyl (C=O) groups is 2. The Morgan fingerprint density at radius 1 is 1.16 bits per heavy atom. The van der Waals surface area contributed by atoms with Gasteiger partial charge in [-0.25, -0.2) is 4.79 Å². The summed E-state index contributed by atoms with van der Waals surface area (Å²) in [6, 6.07) is 11.2. The first kappa shape index (κ1) is 17.1. The summed E-state index contributed by atoms with van der Waals surface area (Å²) in [5.41, 5.74) is 2.32. The molecule has 1 aromatic heterocycles. The van der Waals surface area contributed by atoms with Gasteiger partial charge >= 0.3 is 6.03 Å². The third kappa shape index (κ3) is 4.86. The standard InChI is InChI=1S/C19H23N3O3/c1-13-5-2-3-7-16(13)18(14-8-9-14)22-17(23)12-21-19(24)20-11-15-6-4-10-25-15/h2-7,10,14,18H,8-9,11-12H2,1H3,(H,22,23)(H2,20,21,24)/t18-/m0/s1. The minimum absolute atomic E-state index is 0.0154. The average molecular weight is 341 g/mol. The monoisotopic (exact) mass is 341 g/mol. The van der Waals surface area contributed by atoms with Crippen LogP contribution in [0.15, 0.2) is 47.1 Å². The molecule has 3 N–H and O–H groups in total. The molecular weight excluding hydrogens is 318 g/mol. The fourth-order valence-corrected chi connectivity index (χ4v) is 2.84. The Morgan fingerprint density at radius 3 is 2.64 bits per heavy atom. The molecule has 6 heteroatoms. The van der Waals surface area contributed by atoms with Gasteiger partial charge < -0.3 is 20.4 Å². The number of furan rings is 1. The first-order valence-corrected chi connectivity index (χ1v) is 8.52. The highest BCUT2D eigenvalue weighted by atomic mass is 16.3. The molecule has 0 aliphatic heterocycles. The maximum absolute atomic E-state index is 12.2. The second-order valence-corrected chi connectivity index (χ2v) is 6.35. The number of urea groups is 1. The minimum atomic E-state index is -0.398. The SMILES string of the molecule is Cc1ccccc1[C@@H](NC(=O)CNC(=O)NCc1ccco1)C1CC1. The fourth-order valence-electron chi connectivity index (χ4n) is 2.84. The summed E-state index contributed by atoms with van der Waals surface area (Å²) < 4.78 is 5.13. The van der Waals surface area contributed by atoms with E-state index in [-0.39, 0.29) is 25.0 Å². The van der Waals surface area contributed by atoms with Gasteiger partial charge in [0.2, 0.25) is 5.91 Å². The lowest BCUT2D eigenvalue weighted by Crippen LogP contribution is -2.43. The molecular formula is C19H23N3O3. The first-order chi connectivity index (χ1) is 12.1. The number of aryl methyl sites for hydroxylation is 1. The van der Waals surface area contributed by atoms with Crippen molar-refractivity contribution in [3.63, 3.8) is 0 Å². The van der Waals surface area contributed by atoms with E-state index in [1.165, 1.54) is 5.56 Å². The average Bonchev–Trinajstić information content (AvgIpc) is 3.32. The van der Waals surface area contributed by atoms with E-state index in [1.54, 1.807) is 18.4 Å². The van der Waals surface area contributed by atoms with Crippen LogP contribution in [0.1, 0.15) is 35.8 Å². The summed E-state index contributed by atoms with van der Waals surface area (Å²) in [5.74, 6) is 0.957. The van der Waals surface area contributed by atoms with Crippen LogP contribution in [0.3, 0.4) is 0 Å². The maximum atomic E-state index is 12.2. The second kappa shape index (κ2) is 7.88. The van der Waals surface area contributed by atoms with Gasteiger partial charge in [0.25, 0.3) is 0 Å². The maximum Gasteiger partial charge on any atom is 0.315 e. The molecule has 1 atom stereocenters. The Hall–Kier alpha value is -2.76. The molecule has 1 aromatic carbocycles. The van der Waals surface area contributed by atoms with Gasteiger partial charge in [-0.3, -0.25) is 4.79 Å². The van der Waals surface area contributed by atoms with Crippen LogP contribution in [0.25, 0.3) is 0 Å². The largest absolute Gasteiger partial charge is 0.467 e. The molecule has 1 heterocycles. The highest BCUT2D eigenvalue weighted by Crippen LogP contribution is 2.41. The molecule has 0 saturated heterocycles. The number of carbonyl (C=O) groups excluding carboxylic acids is 2. The lowest BCUT2D eigenvalue weighted by molar-refractivity contribution is -0.121. The summed E-state index contributed by atoms with van der Waals surface area (Å²) in [5, 5.41) is 8.28. The molecule has 25 heavy (non-hydrogen) atoms. The molecule has 3 amide bonds. The molecule has 1 aliphatic carbocycles. The molecule has 1 fully saturated rings. The molecule has 6 nitrogen and oxygen atoms in total. The predicted molar refractivity (Wildman–Crippen MR) is 93.7 cm³/mol. The van der Waals surface area contributed by atoms with Crippen molar-refractivity contribution < 1.29 is 14.0 Å². The summed E-state index contributed by atoms with van der Waals surface area (Å²) in [4.78, 5) is 24.0. The van der Waals surface area contributed by atoms with Crippen LogP contribution < -0.4 is 16.0 Å². The van der Waals surface area contributed by atoms with Gasteiger partial charge in [0, 0.05) is 0 Å². The lowest BCUT2D eigenvalue weighted by Gasteiger charge is -2.21. The van der Waals surface area contributed by atoms with Gasteiger partial charge in [0.1, 0.15) is 5.76 Å². The number of hydrogen-bond donors (Lipinski definition) is 3. The normalized spacial score (nSPS) is 14.6. The van der Waals surface area contributed by atoms with Crippen molar-refractivity contribution in [2.24, 2.45) is 5.92 Å². The second-order valence-electron chi connectivity index (χ2n) is 6.35. The zero-order valence-electron chi connectivity index (χ0n) is 14.2. The van der Waals surface area contributed by atoms with Crippen molar-refractivity contribution in [2.45, 2.75) is 32.4 Å². The van der Waals surface area contributed by atoms with E-state index in [4.69, 9.17) is 4.42 Å².